The monoisotopic (exact) mass is 318 g/mol. The lowest BCUT2D eigenvalue weighted by Gasteiger charge is -2.33. The van der Waals surface area contributed by atoms with E-state index in [2.05, 4.69) is 28.3 Å². The lowest BCUT2D eigenvalue weighted by atomic mass is 9.88. The topological polar surface area (TPSA) is 67.9 Å². The van der Waals surface area contributed by atoms with Crippen LogP contribution in [0.4, 0.5) is 4.79 Å². The van der Waals surface area contributed by atoms with Crippen molar-refractivity contribution in [3.05, 3.63) is 35.4 Å². The fourth-order valence-electron chi connectivity index (χ4n) is 3.19. The minimum absolute atomic E-state index is 0.133. The van der Waals surface area contributed by atoms with E-state index < -0.39 is 12.1 Å². The van der Waals surface area contributed by atoms with Gasteiger partial charge in [0.15, 0.2) is 6.10 Å². The molecule has 1 aromatic rings. The predicted molar refractivity (Wildman–Crippen MR) is 84.1 cm³/mol. The molecule has 3 rings (SSSR count). The van der Waals surface area contributed by atoms with Crippen LogP contribution in [0.5, 0.6) is 0 Å². The van der Waals surface area contributed by atoms with Gasteiger partial charge in [-0.2, -0.15) is 0 Å². The Balaban J connectivity index is 1.56. The van der Waals surface area contributed by atoms with Gasteiger partial charge in [-0.1, -0.05) is 24.3 Å². The van der Waals surface area contributed by atoms with Crippen molar-refractivity contribution in [3.8, 4) is 0 Å². The van der Waals surface area contributed by atoms with Crippen molar-refractivity contribution in [1.29, 1.82) is 0 Å². The highest BCUT2D eigenvalue weighted by Crippen LogP contribution is 2.21. The molecule has 6 heteroatoms. The van der Waals surface area contributed by atoms with E-state index in [1.54, 1.807) is 4.90 Å². The molecule has 124 valence electrons. The minimum Gasteiger partial charge on any atom is -0.467 e. The molecular formula is C17H22N2O4. The number of fused-ring (bicyclic) bond motifs is 1. The third-order valence-electron chi connectivity index (χ3n) is 4.49. The number of methoxy groups -OCH3 is 1. The third-order valence-corrected chi connectivity index (χ3v) is 4.49. The van der Waals surface area contributed by atoms with Crippen molar-refractivity contribution < 1.29 is 19.1 Å². The molecule has 0 spiro atoms. The Labute approximate surface area is 135 Å². The number of nitrogens with one attached hydrogen (secondary N) is 1. The quantitative estimate of drug-likeness (QED) is 0.830. The standard InChI is InChI=1S/C17H22N2O4/c1-22-16(20)15-11-19(8-9-23-15)17(21)18-14-7-6-12-4-2-3-5-13(12)10-14/h2-5,14-15H,6-11H2,1H3,(H,18,21)/t14-,15-/m1/s1. The summed E-state index contributed by atoms with van der Waals surface area (Å²) in [6, 6.07) is 8.36. The fraction of sp³-hybridized carbons (Fsp3) is 0.529. The minimum atomic E-state index is -0.688. The number of morpholine rings is 1. The summed E-state index contributed by atoms with van der Waals surface area (Å²) in [6.07, 6.45) is 2.08. The van der Waals surface area contributed by atoms with Gasteiger partial charge in [0.2, 0.25) is 0 Å². The summed E-state index contributed by atoms with van der Waals surface area (Å²) in [7, 11) is 1.32. The Bertz CT molecular complexity index is 590. The van der Waals surface area contributed by atoms with Gasteiger partial charge in [0.05, 0.1) is 20.3 Å². The van der Waals surface area contributed by atoms with E-state index in [1.807, 2.05) is 6.07 Å². The van der Waals surface area contributed by atoms with Gasteiger partial charge in [-0.25, -0.2) is 9.59 Å². The fourth-order valence-corrected chi connectivity index (χ4v) is 3.19. The first-order chi connectivity index (χ1) is 11.2. The van der Waals surface area contributed by atoms with Gasteiger partial charge in [0, 0.05) is 12.6 Å². The van der Waals surface area contributed by atoms with E-state index in [1.165, 1.54) is 18.2 Å². The van der Waals surface area contributed by atoms with Crippen molar-refractivity contribution in [2.75, 3.05) is 26.8 Å². The number of ether oxygens (including phenoxy) is 2. The summed E-state index contributed by atoms with van der Waals surface area (Å²) < 4.78 is 10.0. The second-order valence-corrected chi connectivity index (χ2v) is 5.99. The van der Waals surface area contributed by atoms with Crippen LogP contribution in [0.3, 0.4) is 0 Å². The number of carbonyl (C=O) groups is 2. The first-order valence-electron chi connectivity index (χ1n) is 7.99. The van der Waals surface area contributed by atoms with Gasteiger partial charge in [-0.15, -0.1) is 0 Å². The van der Waals surface area contributed by atoms with Crippen molar-refractivity contribution in [3.63, 3.8) is 0 Å². The second-order valence-electron chi connectivity index (χ2n) is 5.99. The van der Waals surface area contributed by atoms with Crippen LogP contribution in [0, 0.1) is 0 Å². The zero-order chi connectivity index (χ0) is 16.2. The highest BCUT2D eigenvalue weighted by molar-refractivity contribution is 5.78. The van der Waals surface area contributed by atoms with E-state index in [0.717, 1.165) is 19.3 Å². The highest BCUT2D eigenvalue weighted by atomic mass is 16.6. The summed E-state index contributed by atoms with van der Waals surface area (Å²) >= 11 is 0. The van der Waals surface area contributed by atoms with Crippen molar-refractivity contribution >= 4 is 12.0 Å². The second kappa shape index (κ2) is 7.00. The molecule has 23 heavy (non-hydrogen) atoms. The van der Waals surface area contributed by atoms with Crippen LogP contribution >= 0.6 is 0 Å². The molecule has 0 aromatic heterocycles. The zero-order valence-electron chi connectivity index (χ0n) is 13.3. The van der Waals surface area contributed by atoms with Crippen LogP contribution in [-0.4, -0.2) is 55.9 Å². The molecule has 0 radical (unpaired) electrons. The maximum absolute atomic E-state index is 12.4. The molecule has 2 atom stereocenters. The van der Waals surface area contributed by atoms with Crippen LogP contribution in [0.1, 0.15) is 17.5 Å². The Morgan fingerprint density at radius 2 is 2.09 bits per heavy atom. The predicted octanol–water partition coefficient (Wildman–Crippen LogP) is 1.13. The number of rotatable bonds is 2. The molecule has 0 unspecified atom stereocenters. The number of benzene rings is 1. The Kier molecular flexibility index (Phi) is 4.81. The van der Waals surface area contributed by atoms with Gasteiger partial charge in [0.1, 0.15) is 0 Å². The number of esters is 1. The Morgan fingerprint density at radius 3 is 2.87 bits per heavy atom. The largest absolute Gasteiger partial charge is 0.467 e. The van der Waals surface area contributed by atoms with Gasteiger partial charge in [-0.05, 0) is 30.4 Å². The van der Waals surface area contributed by atoms with E-state index in [0.29, 0.717) is 13.2 Å². The van der Waals surface area contributed by atoms with Crippen LogP contribution in [-0.2, 0) is 27.1 Å². The van der Waals surface area contributed by atoms with E-state index in [-0.39, 0.29) is 18.6 Å². The number of carbonyl (C=O) groups excluding carboxylic acids is 2. The first-order valence-corrected chi connectivity index (χ1v) is 7.99. The molecular weight excluding hydrogens is 296 g/mol. The van der Waals surface area contributed by atoms with Crippen molar-refractivity contribution in [2.45, 2.75) is 31.4 Å². The van der Waals surface area contributed by atoms with Gasteiger partial charge < -0.3 is 19.7 Å². The van der Waals surface area contributed by atoms with Crippen LogP contribution in [0.25, 0.3) is 0 Å². The summed E-state index contributed by atoms with van der Waals surface area (Å²) in [6.45, 7) is 1.07. The third kappa shape index (κ3) is 3.64. The summed E-state index contributed by atoms with van der Waals surface area (Å²) in [4.78, 5) is 25.6. The number of aryl methyl sites for hydroxylation is 1. The summed E-state index contributed by atoms with van der Waals surface area (Å²) in [5.74, 6) is -0.436. The van der Waals surface area contributed by atoms with Gasteiger partial charge in [-0.3, -0.25) is 0 Å². The molecule has 0 saturated carbocycles. The molecule has 1 aromatic carbocycles. The van der Waals surface area contributed by atoms with E-state index in [9.17, 15) is 9.59 Å². The number of hydrogen-bond donors (Lipinski definition) is 1. The lowest BCUT2D eigenvalue weighted by Crippen LogP contribution is -2.54. The first kappa shape index (κ1) is 15.8. The maximum atomic E-state index is 12.4. The Hall–Kier alpha value is -2.08. The van der Waals surface area contributed by atoms with E-state index in [4.69, 9.17) is 4.74 Å². The van der Waals surface area contributed by atoms with Crippen LogP contribution in [0.15, 0.2) is 24.3 Å². The smallest absolute Gasteiger partial charge is 0.336 e. The maximum Gasteiger partial charge on any atom is 0.336 e. The molecule has 1 heterocycles. The number of amides is 2. The normalized spacial score (nSPS) is 23.8. The average Bonchev–Trinajstić information content (AvgIpc) is 2.61. The lowest BCUT2D eigenvalue weighted by molar-refractivity contribution is -0.158. The summed E-state index contributed by atoms with van der Waals surface area (Å²) in [5.41, 5.74) is 2.67. The van der Waals surface area contributed by atoms with Crippen LogP contribution < -0.4 is 5.32 Å². The average molecular weight is 318 g/mol. The van der Waals surface area contributed by atoms with Gasteiger partial charge in [0.25, 0.3) is 0 Å². The van der Waals surface area contributed by atoms with Gasteiger partial charge >= 0.3 is 12.0 Å². The molecule has 1 aliphatic carbocycles. The molecule has 1 saturated heterocycles. The molecule has 1 fully saturated rings. The zero-order valence-corrected chi connectivity index (χ0v) is 13.3. The Morgan fingerprint density at radius 1 is 1.30 bits per heavy atom. The molecule has 6 nitrogen and oxygen atoms in total. The van der Waals surface area contributed by atoms with E-state index >= 15 is 0 Å². The van der Waals surface area contributed by atoms with Crippen LogP contribution in [0.2, 0.25) is 0 Å². The highest BCUT2D eigenvalue weighted by Gasteiger charge is 2.31. The molecule has 2 aliphatic rings. The molecule has 1 N–H and O–H groups in total. The number of nitrogens with zero attached hydrogens (tertiary/aromatic N) is 1. The number of urea groups is 1. The SMILES string of the molecule is COC(=O)[C@H]1CN(C(=O)N[C@@H]2CCc3ccccc3C2)CCO1. The van der Waals surface area contributed by atoms with Crippen molar-refractivity contribution in [1.82, 2.24) is 10.2 Å². The number of hydrogen-bond acceptors (Lipinski definition) is 4. The molecule has 2 amide bonds. The summed E-state index contributed by atoms with van der Waals surface area (Å²) in [5, 5.41) is 3.09. The molecule has 0 bridgehead atoms. The van der Waals surface area contributed by atoms with Crippen molar-refractivity contribution in [2.24, 2.45) is 0 Å². The molecule has 1 aliphatic heterocycles.